The molecular weight excluding hydrogens is 150 g/mol. The molecule has 0 aromatic carbocycles. The smallest absolute Gasteiger partial charge is 0.0589 e. The Bertz CT molecular complexity index is 66.9. The minimum atomic E-state index is 0.855. The van der Waals surface area contributed by atoms with E-state index >= 15 is 0 Å². The molecule has 0 aliphatic rings. The molecular formula is C10H25NO. The van der Waals surface area contributed by atoms with Crippen molar-refractivity contribution in [3.8, 4) is 0 Å². The number of methoxy groups -OCH3 is 1. The zero-order chi connectivity index (χ0) is 9.82. The van der Waals surface area contributed by atoms with Crippen LogP contribution in [0.1, 0.15) is 34.1 Å². The zero-order valence-electron chi connectivity index (χ0n) is 9.39. The van der Waals surface area contributed by atoms with Crippen LogP contribution in [-0.2, 0) is 4.74 Å². The fourth-order valence-corrected chi connectivity index (χ4v) is 0.965. The fraction of sp³-hybridized carbons (Fsp3) is 1.00. The van der Waals surface area contributed by atoms with Crippen molar-refractivity contribution < 1.29 is 4.74 Å². The molecule has 12 heavy (non-hydrogen) atoms. The van der Waals surface area contributed by atoms with Crippen LogP contribution in [0.25, 0.3) is 0 Å². The molecule has 0 bridgehead atoms. The van der Waals surface area contributed by atoms with Gasteiger partial charge in [-0.15, -0.1) is 0 Å². The maximum atomic E-state index is 4.98. The van der Waals surface area contributed by atoms with Crippen LogP contribution < -0.4 is 0 Å². The molecule has 0 aromatic heterocycles. The molecule has 2 nitrogen and oxygen atoms in total. The minimum absolute atomic E-state index is 0.855. The van der Waals surface area contributed by atoms with E-state index in [4.69, 9.17) is 4.74 Å². The molecule has 0 rings (SSSR count). The standard InChI is InChI=1S/C8H19NO.C2H6/c1-4-6-9(5-2)7-8-10-3;1-2/h4-8H2,1-3H3;1-2H3. The first-order chi connectivity index (χ1) is 5.85. The van der Waals surface area contributed by atoms with E-state index in [0.29, 0.717) is 0 Å². The van der Waals surface area contributed by atoms with Crippen LogP contribution in [0.15, 0.2) is 0 Å². The van der Waals surface area contributed by atoms with Gasteiger partial charge in [0.25, 0.3) is 0 Å². The van der Waals surface area contributed by atoms with Gasteiger partial charge in [0.15, 0.2) is 0 Å². The molecule has 2 heteroatoms. The number of hydrogen-bond donors (Lipinski definition) is 0. The lowest BCUT2D eigenvalue weighted by Crippen LogP contribution is -2.27. The molecule has 0 radical (unpaired) electrons. The second-order valence-electron chi connectivity index (χ2n) is 2.43. The molecule has 0 aliphatic heterocycles. The summed E-state index contributed by atoms with van der Waals surface area (Å²) < 4.78 is 4.98. The van der Waals surface area contributed by atoms with Crippen LogP contribution in [0.3, 0.4) is 0 Å². The van der Waals surface area contributed by atoms with Gasteiger partial charge in [-0.2, -0.15) is 0 Å². The van der Waals surface area contributed by atoms with Gasteiger partial charge in [-0.1, -0.05) is 27.7 Å². The molecule has 0 N–H and O–H groups in total. The Balaban J connectivity index is 0. The number of nitrogens with zero attached hydrogens (tertiary/aromatic N) is 1. The van der Waals surface area contributed by atoms with E-state index in [1.807, 2.05) is 13.8 Å². The summed E-state index contributed by atoms with van der Waals surface area (Å²) in [5.41, 5.74) is 0. The third kappa shape index (κ3) is 9.92. The van der Waals surface area contributed by atoms with Crippen LogP contribution >= 0.6 is 0 Å². The highest BCUT2D eigenvalue weighted by atomic mass is 16.5. The van der Waals surface area contributed by atoms with Crippen LogP contribution in [0.5, 0.6) is 0 Å². The maximum Gasteiger partial charge on any atom is 0.0589 e. The summed E-state index contributed by atoms with van der Waals surface area (Å²) >= 11 is 0. The highest BCUT2D eigenvalue weighted by molar-refractivity contribution is 4.51. The van der Waals surface area contributed by atoms with Gasteiger partial charge < -0.3 is 9.64 Å². The molecule has 0 amide bonds. The SMILES string of the molecule is CC.CCCN(CC)CCOC. The van der Waals surface area contributed by atoms with Gasteiger partial charge in [0.2, 0.25) is 0 Å². The number of hydrogen-bond acceptors (Lipinski definition) is 2. The van der Waals surface area contributed by atoms with Gasteiger partial charge in [0, 0.05) is 13.7 Å². The van der Waals surface area contributed by atoms with Crippen molar-refractivity contribution in [1.29, 1.82) is 0 Å². The van der Waals surface area contributed by atoms with Crippen molar-refractivity contribution in [2.45, 2.75) is 34.1 Å². The highest BCUT2D eigenvalue weighted by Gasteiger charge is 1.97. The second-order valence-corrected chi connectivity index (χ2v) is 2.43. The monoisotopic (exact) mass is 175 g/mol. The van der Waals surface area contributed by atoms with Crippen molar-refractivity contribution in [3.63, 3.8) is 0 Å². The first kappa shape index (κ1) is 14.4. The van der Waals surface area contributed by atoms with Gasteiger partial charge in [-0.25, -0.2) is 0 Å². The summed E-state index contributed by atoms with van der Waals surface area (Å²) in [4.78, 5) is 2.39. The van der Waals surface area contributed by atoms with E-state index in [2.05, 4.69) is 18.7 Å². The third-order valence-electron chi connectivity index (χ3n) is 1.60. The second kappa shape index (κ2) is 13.5. The summed E-state index contributed by atoms with van der Waals surface area (Å²) in [6.07, 6.45) is 1.23. The van der Waals surface area contributed by atoms with Gasteiger partial charge in [-0.3, -0.25) is 0 Å². The number of ether oxygens (including phenoxy) is 1. The van der Waals surface area contributed by atoms with Crippen LogP contribution in [0.4, 0.5) is 0 Å². The van der Waals surface area contributed by atoms with Crippen molar-refractivity contribution in [3.05, 3.63) is 0 Å². The Morgan fingerprint density at radius 3 is 2.00 bits per heavy atom. The Hall–Kier alpha value is -0.0800. The average molecular weight is 175 g/mol. The Kier molecular flexibility index (Phi) is 16.3. The first-order valence-corrected chi connectivity index (χ1v) is 5.06. The van der Waals surface area contributed by atoms with E-state index in [0.717, 1.165) is 19.7 Å². The van der Waals surface area contributed by atoms with Gasteiger partial charge in [0.05, 0.1) is 6.61 Å². The van der Waals surface area contributed by atoms with Crippen molar-refractivity contribution in [2.75, 3.05) is 33.4 Å². The van der Waals surface area contributed by atoms with Crippen LogP contribution in [0.2, 0.25) is 0 Å². The van der Waals surface area contributed by atoms with Crippen molar-refractivity contribution in [2.24, 2.45) is 0 Å². The van der Waals surface area contributed by atoms with Gasteiger partial charge >= 0.3 is 0 Å². The number of likely N-dealkylation sites (N-methyl/N-ethyl adjacent to an activating group) is 1. The predicted octanol–water partition coefficient (Wildman–Crippen LogP) is 2.39. The first-order valence-electron chi connectivity index (χ1n) is 5.06. The van der Waals surface area contributed by atoms with Gasteiger partial charge in [0.1, 0.15) is 0 Å². The maximum absolute atomic E-state index is 4.98. The normalized spacial score (nSPS) is 9.50. The summed E-state index contributed by atoms with van der Waals surface area (Å²) in [6.45, 7) is 12.6. The topological polar surface area (TPSA) is 12.5 Å². The molecule has 0 unspecified atom stereocenters. The summed E-state index contributed by atoms with van der Waals surface area (Å²) in [5, 5.41) is 0. The summed E-state index contributed by atoms with van der Waals surface area (Å²) in [5.74, 6) is 0. The summed E-state index contributed by atoms with van der Waals surface area (Å²) in [6, 6.07) is 0. The highest BCUT2D eigenvalue weighted by Crippen LogP contribution is 1.89. The third-order valence-corrected chi connectivity index (χ3v) is 1.60. The van der Waals surface area contributed by atoms with Gasteiger partial charge in [-0.05, 0) is 19.5 Å². The molecule has 0 aliphatic carbocycles. The van der Waals surface area contributed by atoms with E-state index in [-0.39, 0.29) is 0 Å². The van der Waals surface area contributed by atoms with Crippen LogP contribution in [-0.4, -0.2) is 38.3 Å². The Morgan fingerprint density at radius 1 is 1.08 bits per heavy atom. The van der Waals surface area contributed by atoms with E-state index in [9.17, 15) is 0 Å². The summed E-state index contributed by atoms with van der Waals surface area (Å²) in [7, 11) is 1.75. The Morgan fingerprint density at radius 2 is 1.67 bits per heavy atom. The lowest BCUT2D eigenvalue weighted by atomic mass is 10.4. The molecule has 0 saturated carbocycles. The quantitative estimate of drug-likeness (QED) is 0.614. The van der Waals surface area contributed by atoms with Crippen molar-refractivity contribution >= 4 is 0 Å². The molecule has 0 atom stereocenters. The average Bonchev–Trinajstić information content (AvgIpc) is 2.15. The van der Waals surface area contributed by atoms with E-state index in [1.165, 1.54) is 13.0 Å². The van der Waals surface area contributed by atoms with Crippen molar-refractivity contribution in [1.82, 2.24) is 4.90 Å². The molecule has 0 heterocycles. The molecule has 76 valence electrons. The largest absolute Gasteiger partial charge is 0.383 e. The molecule has 0 spiro atoms. The molecule has 0 saturated heterocycles. The Labute approximate surface area is 77.9 Å². The fourth-order valence-electron chi connectivity index (χ4n) is 0.965. The van der Waals surface area contributed by atoms with E-state index in [1.54, 1.807) is 7.11 Å². The predicted molar refractivity (Wildman–Crippen MR) is 55.6 cm³/mol. The minimum Gasteiger partial charge on any atom is -0.383 e. The zero-order valence-corrected chi connectivity index (χ0v) is 9.39. The molecule has 0 fully saturated rings. The lowest BCUT2D eigenvalue weighted by molar-refractivity contribution is 0.151. The number of rotatable bonds is 6. The van der Waals surface area contributed by atoms with Crippen LogP contribution in [0, 0.1) is 0 Å². The van der Waals surface area contributed by atoms with E-state index < -0.39 is 0 Å². The lowest BCUT2D eigenvalue weighted by Gasteiger charge is -2.18. The molecule has 0 aromatic rings.